The lowest BCUT2D eigenvalue weighted by molar-refractivity contribution is -0.482. The van der Waals surface area contributed by atoms with E-state index in [0.29, 0.717) is 22.5 Å². The summed E-state index contributed by atoms with van der Waals surface area (Å²) >= 11 is 0. The van der Waals surface area contributed by atoms with Gasteiger partial charge in [-0.2, -0.15) is 18.3 Å². The molecule has 4 rings (SSSR count). The fourth-order valence-electron chi connectivity index (χ4n) is 4.21. The van der Waals surface area contributed by atoms with Gasteiger partial charge >= 0.3 is 6.18 Å². The molecule has 0 radical (unpaired) electrons. The number of carbonyl (C=O) groups is 1. The van der Waals surface area contributed by atoms with E-state index in [1.54, 1.807) is 20.0 Å². The van der Waals surface area contributed by atoms with Gasteiger partial charge in [0.2, 0.25) is 0 Å². The van der Waals surface area contributed by atoms with Crippen LogP contribution in [0, 0.1) is 17.0 Å². The highest BCUT2D eigenvalue weighted by atomic mass is 32.2. The van der Waals surface area contributed by atoms with E-state index in [-0.39, 0.29) is 22.7 Å². The molecule has 1 amide bonds. The number of aryl methyl sites for hydroxylation is 1. The standard InChI is InChI=1S/C26H23F3N6O5S/c1-16-21(23-11-12-31-33(23)2)14-22(25(37)34(16)19-6-4-5-18(13-19)26(27,28)29)24(36)30-15-17-7-9-20(10-8-17)41(3,40)32-35(38)39/h4-14H,15H2,1-3H3,(H,30,36). The molecule has 1 N–H and O–H groups in total. The van der Waals surface area contributed by atoms with Gasteiger partial charge in [-0.3, -0.25) is 18.8 Å². The maximum atomic E-state index is 13.6. The number of alkyl halides is 3. The van der Waals surface area contributed by atoms with Crippen LogP contribution in [0.1, 0.15) is 27.2 Å². The molecular formula is C26H23F3N6O5S. The highest BCUT2D eigenvalue weighted by Gasteiger charge is 2.31. The predicted octanol–water partition coefficient (Wildman–Crippen LogP) is 4.14. The molecule has 0 aliphatic heterocycles. The topological polar surface area (TPSA) is 141 Å². The summed E-state index contributed by atoms with van der Waals surface area (Å²) in [6, 6.07) is 13.0. The lowest BCUT2D eigenvalue weighted by Gasteiger charge is -2.18. The van der Waals surface area contributed by atoms with Crippen molar-refractivity contribution in [2.24, 2.45) is 11.5 Å². The minimum Gasteiger partial charge on any atom is -0.348 e. The Morgan fingerprint density at radius 2 is 1.83 bits per heavy atom. The average molecular weight is 589 g/mol. The number of pyridine rings is 1. The van der Waals surface area contributed by atoms with Crippen LogP contribution in [0.15, 0.2) is 81.0 Å². The van der Waals surface area contributed by atoms with Crippen LogP contribution in [0.2, 0.25) is 0 Å². The molecule has 2 aromatic heterocycles. The molecule has 0 aliphatic rings. The Labute approximate surface area is 231 Å². The van der Waals surface area contributed by atoms with Crippen LogP contribution < -0.4 is 10.9 Å². The van der Waals surface area contributed by atoms with Gasteiger partial charge in [0, 0.05) is 43.0 Å². The fourth-order valence-corrected chi connectivity index (χ4v) is 5.20. The number of nitro groups is 1. The lowest BCUT2D eigenvalue weighted by atomic mass is 10.1. The number of halogens is 3. The number of hydrogen-bond donors (Lipinski definition) is 1. The second-order valence-corrected chi connectivity index (χ2v) is 11.3. The zero-order valence-corrected chi connectivity index (χ0v) is 22.7. The van der Waals surface area contributed by atoms with E-state index in [4.69, 9.17) is 0 Å². The van der Waals surface area contributed by atoms with Crippen molar-refractivity contribution < 1.29 is 27.2 Å². The molecule has 11 nitrogen and oxygen atoms in total. The molecule has 15 heteroatoms. The number of nitrogens with one attached hydrogen (secondary N) is 1. The number of aromatic nitrogens is 3. The molecule has 4 aromatic rings. The number of carbonyl (C=O) groups excluding carboxylic acids is 1. The molecule has 0 fully saturated rings. The molecule has 214 valence electrons. The number of hydrogen-bond acceptors (Lipinski definition) is 6. The number of rotatable bonds is 7. The Morgan fingerprint density at radius 1 is 1.15 bits per heavy atom. The van der Waals surface area contributed by atoms with Gasteiger partial charge in [-0.15, -0.1) is 0 Å². The number of amides is 1. The number of nitrogens with zero attached hydrogens (tertiary/aromatic N) is 5. The highest BCUT2D eigenvalue weighted by molar-refractivity contribution is 7.92. The number of benzene rings is 2. The largest absolute Gasteiger partial charge is 0.416 e. The molecule has 1 atom stereocenters. The van der Waals surface area contributed by atoms with Crippen molar-refractivity contribution in [1.29, 1.82) is 0 Å². The third-order valence-electron chi connectivity index (χ3n) is 6.26. The summed E-state index contributed by atoms with van der Waals surface area (Å²) in [7, 11) is -1.62. The van der Waals surface area contributed by atoms with Gasteiger partial charge < -0.3 is 5.32 Å². The van der Waals surface area contributed by atoms with Gasteiger partial charge in [0.15, 0.2) is 5.03 Å². The molecular weight excluding hydrogens is 565 g/mol. The maximum absolute atomic E-state index is 13.6. The van der Waals surface area contributed by atoms with Crippen LogP contribution in [0.3, 0.4) is 0 Å². The first-order chi connectivity index (χ1) is 19.2. The van der Waals surface area contributed by atoms with Crippen molar-refractivity contribution in [2.45, 2.75) is 24.5 Å². The first-order valence-electron chi connectivity index (χ1n) is 11.9. The average Bonchev–Trinajstić information content (AvgIpc) is 3.32. The zero-order chi connectivity index (χ0) is 30.1. The lowest BCUT2D eigenvalue weighted by Crippen LogP contribution is -2.33. The summed E-state index contributed by atoms with van der Waals surface area (Å²) in [6.45, 7) is 1.48. The van der Waals surface area contributed by atoms with E-state index in [2.05, 4.69) is 14.9 Å². The first-order valence-corrected chi connectivity index (χ1v) is 13.8. The monoisotopic (exact) mass is 588 g/mol. The van der Waals surface area contributed by atoms with E-state index in [0.717, 1.165) is 23.0 Å². The summed E-state index contributed by atoms with van der Waals surface area (Å²) in [5, 5.41) is 16.3. The van der Waals surface area contributed by atoms with Crippen LogP contribution in [-0.4, -0.2) is 35.8 Å². The van der Waals surface area contributed by atoms with Gasteiger partial charge in [-0.1, -0.05) is 18.2 Å². The van der Waals surface area contributed by atoms with Crippen LogP contribution in [0.4, 0.5) is 13.2 Å². The molecule has 0 aliphatic carbocycles. The third-order valence-corrected chi connectivity index (χ3v) is 7.85. The van der Waals surface area contributed by atoms with E-state index in [1.807, 2.05) is 0 Å². The fraction of sp³-hybridized carbons (Fsp3) is 0.192. The van der Waals surface area contributed by atoms with Crippen molar-refractivity contribution >= 4 is 15.6 Å². The molecule has 41 heavy (non-hydrogen) atoms. The van der Waals surface area contributed by atoms with E-state index in [1.165, 1.54) is 53.3 Å². The summed E-state index contributed by atoms with van der Waals surface area (Å²) in [4.78, 5) is 37.6. The van der Waals surface area contributed by atoms with Crippen molar-refractivity contribution in [1.82, 2.24) is 19.7 Å². The minimum absolute atomic E-state index is 0.0701. The minimum atomic E-state index is -4.65. The molecule has 0 saturated carbocycles. The van der Waals surface area contributed by atoms with Gasteiger partial charge in [-0.25, -0.2) is 14.3 Å². The van der Waals surface area contributed by atoms with Crippen LogP contribution in [-0.2, 0) is 29.5 Å². The van der Waals surface area contributed by atoms with Crippen molar-refractivity contribution in [3.05, 3.63) is 110 Å². The third kappa shape index (κ3) is 6.19. The first kappa shape index (κ1) is 29.2. The Hall–Kier alpha value is -4.79. The van der Waals surface area contributed by atoms with E-state index in [9.17, 15) is 37.1 Å². The molecule has 1 unspecified atom stereocenters. The second kappa shape index (κ2) is 11.0. The van der Waals surface area contributed by atoms with Gasteiger partial charge in [-0.05, 0) is 55.0 Å². The SMILES string of the molecule is Cc1c(-c2ccnn2C)cc(C(=O)NCc2ccc(S(C)(=O)=N[N+](=O)[O-])cc2)c(=O)n1-c1cccc(C(F)(F)F)c1. The quantitative estimate of drug-likeness (QED) is 0.254. The maximum Gasteiger partial charge on any atom is 0.416 e. The smallest absolute Gasteiger partial charge is 0.348 e. The molecule has 0 saturated heterocycles. The van der Waals surface area contributed by atoms with Crippen LogP contribution in [0.25, 0.3) is 16.9 Å². The Morgan fingerprint density at radius 3 is 2.41 bits per heavy atom. The van der Waals surface area contributed by atoms with Crippen molar-refractivity contribution in [2.75, 3.05) is 6.26 Å². The van der Waals surface area contributed by atoms with E-state index < -0.39 is 38.0 Å². The van der Waals surface area contributed by atoms with Gasteiger partial charge in [0.05, 0.1) is 16.2 Å². The highest BCUT2D eigenvalue weighted by Crippen LogP contribution is 2.31. The molecule has 2 aromatic carbocycles. The summed E-state index contributed by atoms with van der Waals surface area (Å²) in [5.41, 5.74) is -0.415. The van der Waals surface area contributed by atoms with Crippen LogP contribution in [0.5, 0.6) is 0 Å². The molecule has 2 heterocycles. The summed E-state index contributed by atoms with van der Waals surface area (Å²) in [5.74, 6) is -0.786. The van der Waals surface area contributed by atoms with Gasteiger partial charge in [0.25, 0.3) is 11.5 Å². The zero-order valence-electron chi connectivity index (χ0n) is 21.9. The van der Waals surface area contributed by atoms with Crippen molar-refractivity contribution in [3.8, 4) is 16.9 Å². The Kier molecular flexibility index (Phi) is 7.83. The molecule has 0 spiro atoms. The summed E-state index contributed by atoms with van der Waals surface area (Å²) < 4.78 is 58.3. The van der Waals surface area contributed by atoms with Gasteiger partial charge in [0.1, 0.15) is 19.8 Å². The Bertz CT molecular complexity index is 1840. The summed E-state index contributed by atoms with van der Waals surface area (Å²) in [6.07, 6.45) is -2.02. The van der Waals surface area contributed by atoms with Crippen molar-refractivity contribution in [3.63, 3.8) is 0 Å². The predicted molar refractivity (Wildman–Crippen MR) is 143 cm³/mol. The molecule has 0 bridgehead atoms. The van der Waals surface area contributed by atoms with E-state index >= 15 is 0 Å². The Balaban J connectivity index is 1.74. The normalized spacial score (nSPS) is 12.9. The second-order valence-electron chi connectivity index (χ2n) is 9.03. The van der Waals surface area contributed by atoms with Crippen LogP contribution >= 0.6 is 0 Å².